The Morgan fingerprint density at radius 1 is 1.25 bits per heavy atom. The fourth-order valence-electron chi connectivity index (χ4n) is 1.19. The van der Waals surface area contributed by atoms with E-state index in [2.05, 4.69) is 4.98 Å². The summed E-state index contributed by atoms with van der Waals surface area (Å²) in [5, 5.41) is 0.457. The van der Waals surface area contributed by atoms with E-state index in [1.165, 1.54) is 30.6 Å². The lowest BCUT2D eigenvalue weighted by molar-refractivity contribution is 0.481. The number of anilines is 1. The molecular weight excluding hydrogens is 231 g/mol. The number of nitrogen functional groups attached to an aromatic ring is 1. The van der Waals surface area contributed by atoms with Gasteiger partial charge in [-0.15, -0.1) is 0 Å². The van der Waals surface area contributed by atoms with E-state index in [9.17, 15) is 4.39 Å². The third-order valence-corrected chi connectivity index (χ3v) is 2.09. The third-order valence-electron chi connectivity index (χ3n) is 1.88. The number of pyridine rings is 1. The Hall–Kier alpha value is -1.81. The first kappa shape index (κ1) is 10.7. The van der Waals surface area contributed by atoms with Crippen LogP contribution in [0.15, 0.2) is 36.7 Å². The molecule has 0 aliphatic rings. The van der Waals surface area contributed by atoms with Crippen molar-refractivity contribution in [2.75, 3.05) is 5.73 Å². The summed E-state index contributed by atoms with van der Waals surface area (Å²) in [7, 11) is 0. The summed E-state index contributed by atoms with van der Waals surface area (Å²) >= 11 is 5.74. The van der Waals surface area contributed by atoms with Crippen LogP contribution in [0.4, 0.5) is 10.1 Å². The lowest BCUT2D eigenvalue weighted by Crippen LogP contribution is -1.93. The molecule has 3 nitrogen and oxygen atoms in total. The Morgan fingerprint density at radius 2 is 2.06 bits per heavy atom. The fourth-order valence-corrected chi connectivity index (χ4v) is 1.35. The molecule has 1 aromatic carbocycles. The Bertz CT molecular complexity index is 519. The van der Waals surface area contributed by atoms with Crippen molar-refractivity contribution in [3.05, 3.63) is 47.5 Å². The van der Waals surface area contributed by atoms with Crippen LogP contribution in [0, 0.1) is 5.82 Å². The molecule has 16 heavy (non-hydrogen) atoms. The number of aromatic nitrogens is 1. The van der Waals surface area contributed by atoms with Gasteiger partial charge in [-0.05, 0) is 12.1 Å². The van der Waals surface area contributed by atoms with Crippen molar-refractivity contribution in [2.45, 2.75) is 0 Å². The molecule has 0 aliphatic carbocycles. The Labute approximate surface area is 96.6 Å². The maximum Gasteiger partial charge on any atom is 0.150 e. The van der Waals surface area contributed by atoms with Gasteiger partial charge in [0.1, 0.15) is 11.6 Å². The lowest BCUT2D eigenvalue weighted by Gasteiger charge is -2.07. The first-order chi connectivity index (χ1) is 7.65. The molecular formula is C11H8ClFN2O. The highest BCUT2D eigenvalue weighted by Gasteiger charge is 2.04. The minimum absolute atomic E-state index is 0.222. The number of hydrogen-bond donors (Lipinski definition) is 1. The predicted molar refractivity (Wildman–Crippen MR) is 60.1 cm³/mol. The summed E-state index contributed by atoms with van der Waals surface area (Å²) in [4.78, 5) is 3.86. The molecule has 2 N–H and O–H groups in total. The van der Waals surface area contributed by atoms with Crippen LogP contribution < -0.4 is 10.5 Å². The fraction of sp³-hybridized carbons (Fsp3) is 0. The number of benzene rings is 1. The average Bonchev–Trinajstić information content (AvgIpc) is 2.22. The third kappa shape index (κ3) is 2.41. The van der Waals surface area contributed by atoms with E-state index in [-0.39, 0.29) is 5.69 Å². The zero-order valence-corrected chi connectivity index (χ0v) is 8.91. The minimum atomic E-state index is -0.408. The monoisotopic (exact) mass is 238 g/mol. The zero-order valence-electron chi connectivity index (χ0n) is 8.15. The molecule has 0 spiro atoms. The molecule has 0 fully saturated rings. The Kier molecular flexibility index (Phi) is 2.92. The lowest BCUT2D eigenvalue weighted by atomic mass is 10.3. The normalized spacial score (nSPS) is 10.1. The first-order valence-corrected chi connectivity index (χ1v) is 4.86. The van der Waals surface area contributed by atoms with E-state index in [4.69, 9.17) is 22.1 Å². The summed E-state index contributed by atoms with van der Waals surface area (Å²) in [5.74, 6) is 0.408. The number of nitrogens with zero attached hydrogens (tertiary/aromatic N) is 1. The molecule has 2 rings (SSSR count). The van der Waals surface area contributed by atoms with Crippen molar-refractivity contribution in [3.8, 4) is 11.5 Å². The highest BCUT2D eigenvalue weighted by molar-refractivity contribution is 6.30. The molecule has 0 atom stereocenters. The Balaban J connectivity index is 2.27. The van der Waals surface area contributed by atoms with Gasteiger partial charge in [0.05, 0.1) is 16.9 Å². The molecule has 0 amide bonds. The van der Waals surface area contributed by atoms with E-state index in [0.29, 0.717) is 16.5 Å². The maximum absolute atomic E-state index is 12.8. The number of halogens is 2. The molecule has 82 valence electrons. The molecule has 2 aromatic rings. The van der Waals surface area contributed by atoms with Crippen LogP contribution in [0.1, 0.15) is 0 Å². The molecule has 0 saturated heterocycles. The average molecular weight is 239 g/mol. The summed E-state index contributed by atoms with van der Waals surface area (Å²) in [6.07, 6.45) is 2.98. The standard InChI is InChI=1S/C11H8ClFN2O/c12-7-3-9(6-15-5-7)16-11-2-1-8(13)4-10(11)14/h1-6H,14H2. The van der Waals surface area contributed by atoms with Gasteiger partial charge in [0.2, 0.25) is 0 Å². The molecule has 0 radical (unpaired) electrons. The second-order valence-corrected chi connectivity index (χ2v) is 3.56. The van der Waals surface area contributed by atoms with Crippen LogP contribution >= 0.6 is 11.6 Å². The van der Waals surface area contributed by atoms with E-state index < -0.39 is 5.82 Å². The minimum Gasteiger partial charge on any atom is -0.454 e. The van der Waals surface area contributed by atoms with Crippen molar-refractivity contribution in [1.82, 2.24) is 4.98 Å². The first-order valence-electron chi connectivity index (χ1n) is 4.48. The highest BCUT2D eigenvalue weighted by atomic mass is 35.5. The summed E-state index contributed by atoms with van der Waals surface area (Å²) in [6, 6.07) is 5.50. The van der Waals surface area contributed by atoms with Gasteiger partial charge in [-0.25, -0.2) is 4.39 Å². The highest BCUT2D eigenvalue weighted by Crippen LogP contribution is 2.28. The second kappa shape index (κ2) is 4.37. The van der Waals surface area contributed by atoms with Gasteiger partial charge < -0.3 is 10.5 Å². The van der Waals surface area contributed by atoms with E-state index in [0.717, 1.165) is 0 Å². The quantitative estimate of drug-likeness (QED) is 0.817. The molecule has 0 aliphatic heterocycles. The van der Waals surface area contributed by atoms with Crippen molar-refractivity contribution >= 4 is 17.3 Å². The summed E-state index contributed by atoms with van der Waals surface area (Å²) < 4.78 is 18.2. The predicted octanol–water partition coefficient (Wildman–Crippen LogP) is 3.25. The van der Waals surface area contributed by atoms with Crippen LogP contribution in [0.2, 0.25) is 5.02 Å². The molecule has 0 saturated carbocycles. The number of hydrogen-bond acceptors (Lipinski definition) is 3. The SMILES string of the molecule is Nc1cc(F)ccc1Oc1cncc(Cl)c1. The number of nitrogens with two attached hydrogens (primary N) is 1. The van der Waals surface area contributed by atoms with Crippen LogP contribution in [-0.4, -0.2) is 4.98 Å². The molecule has 5 heteroatoms. The van der Waals surface area contributed by atoms with Crippen molar-refractivity contribution < 1.29 is 9.13 Å². The summed E-state index contributed by atoms with van der Waals surface area (Å²) in [6.45, 7) is 0. The molecule has 0 unspecified atom stereocenters. The van der Waals surface area contributed by atoms with Crippen molar-refractivity contribution in [2.24, 2.45) is 0 Å². The van der Waals surface area contributed by atoms with E-state index in [1.54, 1.807) is 6.07 Å². The maximum atomic E-state index is 12.8. The zero-order chi connectivity index (χ0) is 11.5. The van der Waals surface area contributed by atoms with Crippen LogP contribution in [-0.2, 0) is 0 Å². The van der Waals surface area contributed by atoms with Crippen molar-refractivity contribution in [3.63, 3.8) is 0 Å². The molecule has 1 heterocycles. The summed E-state index contributed by atoms with van der Waals surface area (Å²) in [5.41, 5.74) is 5.81. The van der Waals surface area contributed by atoms with Gasteiger partial charge in [0, 0.05) is 18.3 Å². The number of rotatable bonds is 2. The van der Waals surface area contributed by atoms with Gasteiger partial charge in [0.15, 0.2) is 5.75 Å². The van der Waals surface area contributed by atoms with Crippen LogP contribution in [0.5, 0.6) is 11.5 Å². The van der Waals surface area contributed by atoms with Gasteiger partial charge in [-0.3, -0.25) is 4.98 Å². The topological polar surface area (TPSA) is 48.1 Å². The van der Waals surface area contributed by atoms with Crippen molar-refractivity contribution in [1.29, 1.82) is 0 Å². The smallest absolute Gasteiger partial charge is 0.150 e. The van der Waals surface area contributed by atoms with Gasteiger partial charge >= 0.3 is 0 Å². The van der Waals surface area contributed by atoms with Gasteiger partial charge in [-0.2, -0.15) is 0 Å². The van der Waals surface area contributed by atoms with E-state index >= 15 is 0 Å². The van der Waals surface area contributed by atoms with Crippen LogP contribution in [0.25, 0.3) is 0 Å². The van der Waals surface area contributed by atoms with Gasteiger partial charge in [-0.1, -0.05) is 11.6 Å². The largest absolute Gasteiger partial charge is 0.454 e. The second-order valence-electron chi connectivity index (χ2n) is 3.12. The Morgan fingerprint density at radius 3 is 2.75 bits per heavy atom. The number of ether oxygens (including phenoxy) is 1. The van der Waals surface area contributed by atoms with Gasteiger partial charge in [0.25, 0.3) is 0 Å². The molecule has 1 aromatic heterocycles. The van der Waals surface area contributed by atoms with Crippen LogP contribution in [0.3, 0.4) is 0 Å². The van der Waals surface area contributed by atoms with E-state index in [1.807, 2.05) is 0 Å². The molecule has 0 bridgehead atoms.